The zero-order valence-electron chi connectivity index (χ0n) is 6.50. The fourth-order valence-electron chi connectivity index (χ4n) is 0.940. The SMILES string of the molecule is CC(N)C(Cl)c1ccccc1. The number of hydrogen-bond acceptors (Lipinski definition) is 1. The van der Waals surface area contributed by atoms with Crippen molar-refractivity contribution < 1.29 is 0 Å². The van der Waals surface area contributed by atoms with Crippen LogP contribution in [-0.4, -0.2) is 6.04 Å². The second-order valence-corrected chi connectivity index (χ2v) is 3.14. The normalized spacial score (nSPS) is 15.9. The predicted octanol–water partition coefficient (Wildman–Crippen LogP) is 2.31. The summed E-state index contributed by atoms with van der Waals surface area (Å²) in [6.07, 6.45) is 0. The Morgan fingerprint density at radius 2 is 1.82 bits per heavy atom. The topological polar surface area (TPSA) is 26.0 Å². The van der Waals surface area contributed by atoms with Crippen molar-refractivity contribution in [2.24, 2.45) is 5.73 Å². The van der Waals surface area contributed by atoms with Gasteiger partial charge in [-0.1, -0.05) is 30.3 Å². The van der Waals surface area contributed by atoms with Crippen molar-refractivity contribution in [3.05, 3.63) is 35.9 Å². The number of nitrogens with two attached hydrogens (primary N) is 1. The number of hydrogen-bond donors (Lipinski definition) is 1. The van der Waals surface area contributed by atoms with Crippen molar-refractivity contribution in [2.45, 2.75) is 18.3 Å². The smallest absolute Gasteiger partial charge is 0.0733 e. The average Bonchev–Trinajstić information content (AvgIpc) is 2.05. The van der Waals surface area contributed by atoms with Gasteiger partial charge in [0.2, 0.25) is 0 Å². The summed E-state index contributed by atoms with van der Waals surface area (Å²) in [5, 5.41) is -0.0730. The van der Waals surface area contributed by atoms with E-state index in [0.717, 1.165) is 5.56 Å². The van der Waals surface area contributed by atoms with E-state index in [1.165, 1.54) is 0 Å². The Bertz CT molecular complexity index is 208. The molecule has 1 aromatic carbocycles. The molecule has 0 spiro atoms. The van der Waals surface area contributed by atoms with Gasteiger partial charge in [-0.25, -0.2) is 0 Å². The van der Waals surface area contributed by atoms with Crippen LogP contribution in [0, 0.1) is 0 Å². The minimum absolute atomic E-state index is 0.000864. The van der Waals surface area contributed by atoms with Gasteiger partial charge in [-0.15, -0.1) is 11.6 Å². The molecule has 0 aliphatic rings. The summed E-state index contributed by atoms with van der Waals surface area (Å²) in [4.78, 5) is 0. The van der Waals surface area contributed by atoms with Crippen LogP contribution in [0.1, 0.15) is 17.9 Å². The molecule has 0 amide bonds. The van der Waals surface area contributed by atoms with E-state index >= 15 is 0 Å². The van der Waals surface area contributed by atoms with Gasteiger partial charge in [0.05, 0.1) is 5.38 Å². The molecular weight excluding hydrogens is 158 g/mol. The van der Waals surface area contributed by atoms with Crippen LogP contribution in [0.3, 0.4) is 0 Å². The maximum Gasteiger partial charge on any atom is 0.0733 e. The van der Waals surface area contributed by atoms with Gasteiger partial charge >= 0.3 is 0 Å². The first-order valence-corrected chi connectivity index (χ1v) is 4.10. The van der Waals surface area contributed by atoms with Crippen molar-refractivity contribution in [1.82, 2.24) is 0 Å². The molecule has 2 heteroatoms. The fourth-order valence-corrected chi connectivity index (χ4v) is 1.09. The van der Waals surface area contributed by atoms with Crippen LogP contribution in [0.5, 0.6) is 0 Å². The van der Waals surface area contributed by atoms with Gasteiger partial charge in [0.25, 0.3) is 0 Å². The van der Waals surface area contributed by atoms with Crippen molar-refractivity contribution >= 4 is 11.6 Å². The van der Waals surface area contributed by atoms with Crippen LogP contribution in [0.25, 0.3) is 0 Å². The molecule has 0 aliphatic heterocycles. The summed E-state index contributed by atoms with van der Waals surface area (Å²) in [5.74, 6) is 0. The Balaban J connectivity index is 2.77. The molecule has 0 aliphatic carbocycles. The zero-order valence-corrected chi connectivity index (χ0v) is 7.25. The Morgan fingerprint density at radius 3 is 2.27 bits per heavy atom. The van der Waals surface area contributed by atoms with Crippen molar-refractivity contribution in [2.75, 3.05) is 0 Å². The molecule has 60 valence electrons. The van der Waals surface area contributed by atoms with Gasteiger partial charge in [0.15, 0.2) is 0 Å². The summed E-state index contributed by atoms with van der Waals surface area (Å²) in [6, 6.07) is 9.87. The van der Waals surface area contributed by atoms with Gasteiger partial charge in [0.1, 0.15) is 0 Å². The average molecular weight is 170 g/mol. The first kappa shape index (κ1) is 8.57. The maximum atomic E-state index is 6.02. The highest BCUT2D eigenvalue weighted by Gasteiger charge is 2.10. The standard InChI is InChI=1S/C9H12ClN/c1-7(11)9(10)8-5-3-2-4-6-8/h2-7,9H,11H2,1H3. The lowest BCUT2D eigenvalue weighted by Crippen LogP contribution is -2.20. The first-order chi connectivity index (χ1) is 5.22. The molecule has 11 heavy (non-hydrogen) atoms. The Morgan fingerprint density at radius 1 is 1.27 bits per heavy atom. The first-order valence-electron chi connectivity index (χ1n) is 3.66. The molecule has 0 fully saturated rings. The van der Waals surface area contributed by atoms with Gasteiger partial charge in [-0.05, 0) is 12.5 Å². The zero-order chi connectivity index (χ0) is 8.27. The lowest BCUT2D eigenvalue weighted by Gasteiger charge is -2.12. The molecule has 1 aromatic rings. The lowest BCUT2D eigenvalue weighted by atomic mass is 10.1. The van der Waals surface area contributed by atoms with E-state index in [-0.39, 0.29) is 11.4 Å². The van der Waals surface area contributed by atoms with Crippen LogP contribution in [-0.2, 0) is 0 Å². The molecule has 2 unspecified atom stereocenters. The van der Waals surface area contributed by atoms with Crippen molar-refractivity contribution in [3.8, 4) is 0 Å². The largest absolute Gasteiger partial charge is 0.326 e. The third-order valence-corrected chi connectivity index (χ3v) is 2.23. The van der Waals surface area contributed by atoms with E-state index in [0.29, 0.717) is 0 Å². The summed E-state index contributed by atoms with van der Waals surface area (Å²) in [5.41, 5.74) is 6.72. The molecule has 2 N–H and O–H groups in total. The number of rotatable bonds is 2. The van der Waals surface area contributed by atoms with Crippen molar-refractivity contribution in [1.29, 1.82) is 0 Å². The predicted molar refractivity (Wildman–Crippen MR) is 48.7 cm³/mol. The highest BCUT2D eigenvalue weighted by Crippen LogP contribution is 2.21. The Kier molecular flexibility index (Phi) is 2.92. The highest BCUT2D eigenvalue weighted by atomic mass is 35.5. The molecule has 0 heterocycles. The van der Waals surface area contributed by atoms with E-state index in [1.54, 1.807) is 0 Å². The Labute approximate surface area is 72.2 Å². The molecule has 0 bridgehead atoms. The fraction of sp³-hybridized carbons (Fsp3) is 0.333. The lowest BCUT2D eigenvalue weighted by molar-refractivity contribution is 0.713. The van der Waals surface area contributed by atoms with E-state index in [9.17, 15) is 0 Å². The summed E-state index contributed by atoms with van der Waals surface area (Å²) in [7, 11) is 0. The van der Waals surface area contributed by atoms with E-state index < -0.39 is 0 Å². The number of benzene rings is 1. The second kappa shape index (κ2) is 3.74. The quantitative estimate of drug-likeness (QED) is 0.676. The monoisotopic (exact) mass is 169 g/mol. The minimum Gasteiger partial charge on any atom is -0.326 e. The van der Waals surface area contributed by atoms with Gasteiger partial charge < -0.3 is 5.73 Å². The molecule has 0 aromatic heterocycles. The minimum atomic E-state index is -0.0730. The molecule has 0 saturated heterocycles. The highest BCUT2D eigenvalue weighted by molar-refractivity contribution is 6.21. The third-order valence-electron chi connectivity index (χ3n) is 1.58. The van der Waals surface area contributed by atoms with E-state index in [4.69, 9.17) is 17.3 Å². The second-order valence-electron chi connectivity index (χ2n) is 2.67. The van der Waals surface area contributed by atoms with Crippen LogP contribution in [0.15, 0.2) is 30.3 Å². The van der Waals surface area contributed by atoms with Crippen LogP contribution >= 0.6 is 11.6 Å². The Hall–Kier alpha value is -0.530. The van der Waals surface area contributed by atoms with E-state index in [1.807, 2.05) is 37.3 Å². The molecule has 1 nitrogen and oxygen atoms in total. The van der Waals surface area contributed by atoms with Gasteiger partial charge in [-0.2, -0.15) is 0 Å². The van der Waals surface area contributed by atoms with Crippen LogP contribution in [0.2, 0.25) is 0 Å². The third kappa shape index (κ3) is 2.21. The number of halogens is 1. The molecule has 0 saturated carbocycles. The van der Waals surface area contributed by atoms with E-state index in [2.05, 4.69) is 0 Å². The van der Waals surface area contributed by atoms with Gasteiger partial charge in [0, 0.05) is 6.04 Å². The van der Waals surface area contributed by atoms with Crippen molar-refractivity contribution in [3.63, 3.8) is 0 Å². The summed E-state index contributed by atoms with van der Waals surface area (Å²) in [6.45, 7) is 1.91. The number of alkyl halides is 1. The molecule has 0 radical (unpaired) electrons. The van der Waals surface area contributed by atoms with Crippen LogP contribution < -0.4 is 5.73 Å². The molecule has 1 rings (SSSR count). The summed E-state index contributed by atoms with van der Waals surface area (Å²) < 4.78 is 0. The molecular formula is C9H12ClN. The van der Waals surface area contributed by atoms with Gasteiger partial charge in [-0.3, -0.25) is 0 Å². The molecule has 2 atom stereocenters. The maximum absolute atomic E-state index is 6.02. The van der Waals surface area contributed by atoms with Crippen LogP contribution in [0.4, 0.5) is 0 Å². The summed E-state index contributed by atoms with van der Waals surface area (Å²) >= 11 is 6.02.